The largest absolute Gasteiger partial charge is 0.462 e. The second-order valence-electron chi connectivity index (χ2n) is 9.68. The van der Waals surface area contributed by atoms with Crippen LogP contribution in [0.5, 0.6) is 0 Å². The van der Waals surface area contributed by atoms with Gasteiger partial charge < -0.3 is 9.47 Å². The molecule has 0 N–H and O–H groups in total. The number of rotatable bonds is 19. The Kier molecular flexibility index (Phi) is 21.3. The predicted octanol–water partition coefficient (Wildman–Crippen LogP) is 10.1. The van der Waals surface area contributed by atoms with E-state index in [9.17, 15) is 9.59 Å². The molecule has 4 heteroatoms. The van der Waals surface area contributed by atoms with Crippen LogP contribution in [0.3, 0.4) is 0 Å². The number of allylic oxidation sites excluding steroid dienone is 1. The van der Waals surface area contributed by atoms with Crippen LogP contribution in [-0.2, 0) is 9.47 Å². The molecule has 0 heterocycles. The van der Waals surface area contributed by atoms with Crippen LogP contribution in [-0.4, -0.2) is 18.5 Å². The molecule has 0 spiro atoms. The van der Waals surface area contributed by atoms with Crippen molar-refractivity contribution in [2.45, 2.75) is 110 Å². The Morgan fingerprint density at radius 3 is 1.55 bits per heavy atom. The number of carbonyl (C=O) groups is 2. The van der Waals surface area contributed by atoms with Crippen molar-refractivity contribution < 1.29 is 19.1 Å². The van der Waals surface area contributed by atoms with Crippen LogP contribution in [0.1, 0.15) is 131 Å². The smallest absolute Gasteiger partial charge is 0.342 e. The summed E-state index contributed by atoms with van der Waals surface area (Å²) in [7, 11) is 0. The zero-order chi connectivity index (χ0) is 27.5. The van der Waals surface area contributed by atoms with Gasteiger partial charge >= 0.3 is 11.9 Å². The average molecular weight is 523 g/mol. The van der Waals surface area contributed by atoms with Gasteiger partial charge in [0.25, 0.3) is 0 Å². The van der Waals surface area contributed by atoms with Crippen LogP contribution >= 0.6 is 0 Å². The quantitative estimate of drug-likeness (QED) is 0.105. The zero-order valence-electron chi connectivity index (χ0n) is 23.9. The highest BCUT2D eigenvalue weighted by Gasteiger charge is 2.05. The molecule has 0 saturated carbocycles. The maximum atomic E-state index is 11.6. The zero-order valence-corrected chi connectivity index (χ0v) is 23.9. The molecule has 0 atom stereocenters. The summed E-state index contributed by atoms with van der Waals surface area (Å²) in [5, 5.41) is 0. The Bertz CT molecular complexity index is 845. The third-order valence-corrected chi connectivity index (χ3v) is 6.25. The third-order valence-electron chi connectivity index (χ3n) is 6.25. The van der Waals surface area contributed by atoms with Crippen LogP contribution in [0.15, 0.2) is 73.0 Å². The lowest BCUT2D eigenvalue weighted by molar-refractivity contribution is 0.0497. The topological polar surface area (TPSA) is 52.6 Å². The first kappa shape index (κ1) is 33.1. The maximum absolute atomic E-state index is 11.6. The van der Waals surface area contributed by atoms with Crippen molar-refractivity contribution in [3.8, 4) is 0 Å². The Morgan fingerprint density at radius 2 is 1.03 bits per heavy atom. The molecule has 0 unspecified atom stereocenters. The Labute approximate surface area is 231 Å². The van der Waals surface area contributed by atoms with Gasteiger partial charge in [0.1, 0.15) is 0 Å². The summed E-state index contributed by atoms with van der Waals surface area (Å²) in [4.78, 5) is 23.2. The fourth-order valence-electron chi connectivity index (χ4n) is 3.92. The second kappa shape index (κ2) is 24.5. The number of esters is 2. The molecule has 2 rings (SSSR count). The van der Waals surface area contributed by atoms with E-state index in [1.807, 2.05) is 42.5 Å². The highest BCUT2D eigenvalue weighted by Crippen LogP contribution is 2.10. The van der Waals surface area contributed by atoms with Gasteiger partial charge in [-0.25, -0.2) is 9.59 Å². The number of carbonyl (C=O) groups excluding carboxylic acids is 2. The maximum Gasteiger partial charge on any atom is 0.342 e. The molecule has 38 heavy (non-hydrogen) atoms. The molecule has 2 aromatic rings. The molecule has 0 aromatic heterocycles. The summed E-state index contributed by atoms with van der Waals surface area (Å²) in [5.41, 5.74) is 1.23. The number of hydrogen-bond acceptors (Lipinski definition) is 4. The number of benzene rings is 2. The summed E-state index contributed by atoms with van der Waals surface area (Å²) >= 11 is 0. The third kappa shape index (κ3) is 18.4. The average Bonchev–Trinajstić information content (AvgIpc) is 2.96. The van der Waals surface area contributed by atoms with Gasteiger partial charge in [-0.05, 0) is 49.6 Å². The van der Waals surface area contributed by atoms with E-state index in [-0.39, 0.29) is 11.9 Å². The van der Waals surface area contributed by atoms with E-state index in [1.54, 1.807) is 24.3 Å². The van der Waals surface area contributed by atoms with Crippen molar-refractivity contribution in [3.05, 3.63) is 84.1 Å². The molecule has 0 bridgehead atoms. The molecule has 2 aromatic carbocycles. The Balaban J connectivity index is 0.000000389. The molecular formula is C34H50O4. The second-order valence-corrected chi connectivity index (χ2v) is 9.68. The van der Waals surface area contributed by atoms with E-state index in [2.05, 4.69) is 13.8 Å². The monoisotopic (exact) mass is 522 g/mol. The lowest BCUT2D eigenvalue weighted by atomic mass is 10.1. The van der Waals surface area contributed by atoms with Gasteiger partial charge in [0.15, 0.2) is 0 Å². The molecular weight excluding hydrogens is 472 g/mol. The SMILES string of the molecule is CCCCCCCCCCC=COC(=O)c1ccccc1.CCCCCCCCOC(=O)c1ccccc1. The van der Waals surface area contributed by atoms with Gasteiger partial charge in [-0.15, -0.1) is 0 Å². The molecule has 0 saturated heterocycles. The van der Waals surface area contributed by atoms with Crippen molar-refractivity contribution in [1.82, 2.24) is 0 Å². The Hall–Kier alpha value is -2.88. The van der Waals surface area contributed by atoms with E-state index in [1.165, 1.54) is 83.3 Å². The molecule has 0 amide bonds. The normalized spacial score (nSPS) is 10.6. The van der Waals surface area contributed by atoms with Crippen LogP contribution in [0.2, 0.25) is 0 Å². The highest BCUT2D eigenvalue weighted by atomic mass is 16.5. The molecule has 0 aliphatic rings. The minimum atomic E-state index is -0.289. The summed E-state index contributed by atoms with van der Waals surface area (Å²) < 4.78 is 10.3. The Morgan fingerprint density at radius 1 is 0.579 bits per heavy atom. The van der Waals surface area contributed by atoms with Crippen molar-refractivity contribution in [1.29, 1.82) is 0 Å². The van der Waals surface area contributed by atoms with E-state index in [4.69, 9.17) is 9.47 Å². The number of unbranched alkanes of at least 4 members (excludes halogenated alkanes) is 13. The molecule has 0 aliphatic carbocycles. The van der Waals surface area contributed by atoms with Gasteiger partial charge in [-0.1, -0.05) is 127 Å². The van der Waals surface area contributed by atoms with Gasteiger partial charge in [0.2, 0.25) is 0 Å². The summed E-state index contributed by atoms with van der Waals surface area (Å²) in [6, 6.07) is 18.2. The molecule has 0 radical (unpaired) electrons. The molecule has 0 aliphatic heterocycles. The van der Waals surface area contributed by atoms with E-state index in [0.29, 0.717) is 17.7 Å². The van der Waals surface area contributed by atoms with E-state index < -0.39 is 0 Å². The summed E-state index contributed by atoms with van der Waals surface area (Å²) in [6.45, 7) is 5.00. The van der Waals surface area contributed by atoms with Gasteiger partial charge in [0.05, 0.1) is 24.0 Å². The van der Waals surface area contributed by atoms with Crippen LogP contribution in [0, 0.1) is 0 Å². The van der Waals surface area contributed by atoms with Gasteiger partial charge in [-0.3, -0.25) is 0 Å². The molecule has 4 nitrogen and oxygen atoms in total. The summed E-state index contributed by atoms with van der Waals surface area (Å²) in [5.74, 6) is -0.498. The molecule has 0 fully saturated rings. The lowest BCUT2D eigenvalue weighted by Crippen LogP contribution is -2.06. The number of ether oxygens (including phenoxy) is 2. The van der Waals surface area contributed by atoms with Crippen LogP contribution < -0.4 is 0 Å². The van der Waals surface area contributed by atoms with Crippen molar-refractivity contribution in [2.75, 3.05) is 6.61 Å². The first-order chi connectivity index (χ1) is 18.7. The van der Waals surface area contributed by atoms with Gasteiger partial charge in [0, 0.05) is 0 Å². The fraction of sp³-hybridized carbons (Fsp3) is 0.529. The fourth-order valence-corrected chi connectivity index (χ4v) is 3.92. The first-order valence-electron chi connectivity index (χ1n) is 14.8. The van der Waals surface area contributed by atoms with Crippen molar-refractivity contribution in [2.24, 2.45) is 0 Å². The summed E-state index contributed by atoms with van der Waals surface area (Å²) in [6.07, 6.45) is 22.2. The lowest BCUT2D eigenvalue weighted by Gasteiger charge is -2.04. The standard InChI is InChI=1S/C19H28O2.C15H22O2/c1-2-3-4-5-6-7-8-9-10-14-17-21-19(20)18-15-12-11-13-16-18;1-2-3-4-5-6-10-13-17-15(16)14-11-8-7-9-12-14/h11-17H,2-10H2,1H3;7-9,11-12H,2-6,10,13H2,1H3. The minimum Gasteiger partial charge on any atom is -0.462 e. The van der Waals surface area contributed by atoms with E-state index in [0.717, 1.165) is 19.3 Å². The van der Waals surface area contributed by atoms with Crippen LogP contribution in [0.25, 0.3) is 0 Å². The first-order valence-corrected chi connectivity index (χ1v) is 14.8. The van der Waals surface area contributed by atoms with Crippen LogP contribution in [0.4, 0.5) is 0 Å². The highest BCUT2D eigenvalue weighted by molar-refractivity contribution is 5.89. The van der Waals surface area contributed by atoms with Crippen molar-refractivity contribution >= 4 is 11.9 Å². The predicted molar refractivity (Wildman–Crippen MR) is 158 cm³/mol. The molecule has 210 valence electrons. The minimum absolute atomic E-state index is 0.209. The van der Waals surface area contributed by atoms with Gasteiger partial charge in [-0.2, -0.15) is 0 Å². The van der Waals surface area contributed by atoms with E-state index >= 15 is 0 Å². The number of hydrogen-bond donors (Lipinski definition) is 0. The van der Waals surface area contributed by atoms with Crippen molar-refractivity contribution in [3.63, 3.8) is 0 Å².